The van der Waals surface area contributed by atoms with Crippen molar-refractivity contribution in [1.82, 2.24) is 5.32 Å². The Hall–Kier alpha value is -3.77. The Morgan fingerprint density at radius 1 is 0.865 bits per heavy atom. The second-order valence-electron chi connectivity index (χ2n) is 7.69. The summed E-state index contributed by atoms with van der Waals surface area (Å²) in [6, 6.07) is 12.5. The average molecular weight is 536 g/mol. The highest BCUT2D eigenvalue weighted by molar-refractivity contribution is 8.02. The van der Waals surface area contributed by atoms with Gasteiger partial charge in [0.1, 0.15) is 12.7 Å². The fraction of sp³-hybridized carbons (Fsp3) is 0.360. The third-order valence-corrected chi connectivity index (χ3v) is 6.03. The van der Waals surface area contributed by atoms with Crippen LogP contribution in [-0.4, -0.2) is 56.9 Å². The normalized spacial score (nSPS) is 12.6. The number of rotatable bonds is 12. The second-order valence-corrected chi connectivity index (χ2v) is 9.16. The largest absolute Gasteiger partial charge is 0.466 e. The minimum Gasteiger partial charge on any atom is -0.466 e. The Balaban J connectivity index is 2.31. The van der Waals surface area contributed by atoms with Gasteiger partial charge in [0.2, 0.25) is 0 Å². The van der Waals surface area contributed by atoms with Crippen LogP contribution in [0.25, 0.3) is 0 Å². The number of nitrogens with one attached hydrogen (secondary N) is 1. The van der Waals surface area contributed by atoms with Crippen LogP contribution in [0.4, 0.5) is 4.79 Å². The number of hydrogen-bond acceptors (Lipinski definition) is 10. The zero-order valence-electron chi connectivity index (χ0n) is 20.7. The first-order valence-corrected chi connectivity index (χ1v) is 12.8. The number of benzene rings is 2. The first-order chi connectivity index (χ1) is 17.6. The molecule has 1 N–H and O–H groups in total. The predicted molar refractivity (Wildman–Crippen MR) is 131 cm³/mol. The van der Waals surface area contributed by atoms with Gasteiger partial charge in [-0.2, -0.15) is 8.42 Å². The van der Waals surface area contributed by atoms with E-state index in [1.54, 1.807) is 37.3 Å². The van der Waals surface area contributed by atoms with Crippen molar-refractivity contribution in [2.75, 3.05) is 13.2 Å². The number of ether oxygens (including phenoxy) is 3. The van der Waals surface area contributed by atoms with E-state index in [1.165, 1.54) is 38.1 Å². The SMILES string of the molecule is CCOC(=O)C[C@H](OS(=O)(=O)C(=O)c1ccc(C)cc1)C(NC(=O)OCc1ccccc1)C(=O)OCC. The highest BCUT2D eigenvalue weighted by atomic mass is 32.2. The molecule has 0 aliphatic rings. The van der Waals surface area contributed by atoms with Crippen LogP contribution >= 0.6 is 0 Å². The summed E-state index contributed by atoms with van der Waals surface area (Å²) in [7, 11) is -5.02. The lowest BCUT2D eigenvalue weighted by Crippen LogP contribution is -2.52. The Kier molecular flexibility index (Phi) is 11.2. The van der Waals surface area contributed by atoms with Gasteiger partial charge in [-0.25, -0.2) is 9.59 Å². The molecule has 2 atom stereocenters. The maximum atomic E-state index is 12.8. The topological polar surface area (TPSA) is 151 Å². The van der Waals surface area contributed by atoms with Crippen LogP contribution in [0.15, 0.2) is 54.6 Å². The van der Waals surface area contributed by atoms with Crippen molar-refractivity contribution in [2.45, 2.75) is 45.9 Å². The number of hydrogen-bond donors (Lipinski definition) is 1. The van der Waals surface area contributed by atoms with E-state index >= 15 is 0 Å². The van der Waals surface area contributed by atoms with Crippen molar-refractivity contribution in [1.29, 1.82) is 0 Å². The van der Waals surface area contributed by atoms with Gasteiger partial charge in [0, 0.05) is 5.56 Å². The molecule has 200 valence electrons. The minimum absolute atomic E-state index is 0.0444. The van der Waals surface area contributed by atoms with E-state index in [0.29, 0.717) is 5.56 Å². The number of esters is 2. The standard InChI is InChI=1S/C25H29NO10S/c1-4-33-21(27)15-20(36-37(31,32)24(29)19-13-11-17(3)12-14-19)22(23(28)34-5-2)26-25(30)35-16-18-9-7-6-8-10-18/h6-14,20,22H,4-5,15-16H2,1-3H3,(H,26,30)/t20-,22?/m0/s1. The summed E-state index contributed by atoms with van der Waals surface area (Å²) >= 11 is 0. The molecule has 0 radical (unpaired) electrons. The van der Waals surface area contributed by atoms with Crippen molar-refractivity contribution in [3.8, 4) is 0 Å². The van der Waals surface area contributed by atoms with Crippen LogP contribution in [0.2, 0.25) is 0 Å². The van der Waals surface area contributed by atoms with E-state index in [0.717, 1.165) is 5.56 Å². The zero-order valence-corrected chi connectivity index (χ0v) is 21.5. The number of alkyl carbamates (subject to hydrolysis) is 1. The van der Waals surface area contributed by atoms with Gasteiger partial charge in [-0.3, -0.25) is 13.8 Å². The molecule has 0 fully saturated rings. The quantitative estimate of drug-likeness (QED) is 0.244. The fourth-order valence-electron chi connectivity index (χ4n) is 3.06. The molecule has 1 amide bonds. The van der Waals surface area contributed by atoms with Crippen molar-refractivity contribution in [3.05, 3.63) is 71.3 Å². The van der Waals surface area contributed by atoms with E-state index in [-0.39, 0.29) is 25.4 Å². The molecule has 12 heteroatoms. The number of aryl methyl sites for hydroxylation is 1. The van der Waals surface area contributed by atoms with Crippen LogP contribution in [0.5, 0.6) is 0 Å². The van der Waals surface area contributed by atoms with E-state index in [4.69, 9.17) is 18.4 Å². The van der Waals surface area contributed by atoms with Gasteiger partial charge in [0.05, 0.1) is 19.6 Å². The maximum absolute atomic E-state index is 12.8. The summed E-state index contributed by atoms with van der Waals surface area (Å²) in [6.45, 7) is 4.43. The summed E-state index contributed by atoms with van der Waals surface area (Å²) in [4.78, 5) is 50.1. The van der Waals surface area contributed by atoms with Gasteiger partial charge in [0.15, 0.2) is 6.04 Å². The van der Waals surface area contributed by atoms with Gasteiger partial charge in [-0.05, 0) is 38.5 Å². The average Bonchev–Trinajstić information content (AvgIpc) is 2.86. The van der Waals surface area contributed by atoms with Gasteiger partial charge in [-0.1, -0.05) is 48.0 Å². The minimum atomic E-state index is -5.02. The molecule has 0 aliphatic heterocycles. The summed E-state index contributed by atoms with van der Waals surface area (Å²) in [5, 5.41) is 0.791. The fourth-order valence-corrected chi connectivity index (χ4v) is 4.08. The number of carbonyl (C=O) groups is 4. The van der Waals surface area contributed by atoms with Crippen LogP contribution in [-0.2, 0) is 44.7 Å². The third kappa shape index (κ3) is 9.32. The van der Waals surface area contributed by atoms with E-state index in [2.05, 4.69) is 5.32 Å². The second kappa shape index (κ2) is 14.1. The molecule has 0 saturated heterocycles. The summed E-state index contributed by atoms with van der Waals surface area (Å²) in [5.74, 6) is -2.04. The zero-order chi connectivity index (χ0) is 27.4. The lowest BCUT2D eigenvalue weighted by molar-refractivity contribution is -0.150. The summed E-state index contributed by atoms with van der Waals surface area (Å²) in [6.07, 6.45) is -3.78. The molecule has 0 aliphatic carbocycles. The summed E-state index contributed by atoms with van der Waals surface area (Å²) in [5.41, 5.74) is 1.25. The molecule has 2 rings (SSSR count). The lowest BCUT2D eigenvalue weighted by atomic mass is 10.1. The molecule has 2 aromatic rings. The number of carbonyl (C=O) groups excluding carboxylic acids is 4. The van der Waals surface area contributed by atoms with Gasteiger partial charge >= 0.3 is 33.3 Å². The maximum Gasteiger partial charge on any atom is 0.408 e. The smallest absolute Gasteiger partial charge is 0.408 e. The molecular weight excluding hydrogens is 506 g/mol. The Morgan fingerprint density at radius 2 is 1.49 bits per heavy atom. The molecule has 37 heavy (non-hydrogen) atoms. The molecule has 1 unspecified atom stereocenters. The van der Waals surface area contributed by atoms with E-state index in [1.807, 2.05) is 0 Å². The molecule has 0 heterocycles. The predicted octanol–water partition coefficient (Wildman–Crippen LogP) is 2.66. The van der Waals surface area contributed by atoms with Crippen LogP contribution in [0.3, 0.4) is 0 Å². The lowest BCUT2D eigenvalue weighted by Gasteiger charge is -2.25. The highest BCUT2D eigenvalue weighted by Gasteiger charge is 2.40. The molecule has 0 aromatic heterocycles. The van der Waals surface area contributed by atoms with Crippen LogP contribution in [0.1, 0.15) is 41.8 Å². The summed E-state index contributed by atoms with van der Waals surface area (Å²) < 4.78 is 45.6. The molecule has 0 spiro atoms. The molecule has 0 saturated carbocycles. The van der Waals surface area contributed by atoms with Crippen LogP contribution in [0, 0.1) is 6.92 Å². The van der Waals surface area contributed by atoms with Crippen LogP contribution < -0.4 is 5.32 Å². The van der Waals surface area contributed by atoms with Gasteiger partial charge < -0.3 is 19.5 Å². The first kappa shape index (κ1) is 29.5. The van der Waals surface area contributed by atoms with Crippen molar-refractivity contribution >= 4 is 33.3 Å². The molecular formula is C25H29NO10S. The number of amides is 1. The Morgan fingerprint density at radius 3 is 2.08 bits per heavy atom. The first-order valence-electron chi connectivity index (χ1n) is 11.4. The third-order valence-electron chi connectivity index (χ3n) is 4.84. The van der Waals surface area contributed by atoms with E-state index < -0.39 is 51.8 Å². The highest BCUT2D eigenvalue weighted by Crippen LogP contribution is 2.17. The molecule has 11 nitrogen and oxygen atoms in total. The monoisotopic (exact) mass is 535 g/mol. The van der Waals surface area contributed by atoms with Crippen molar-refractivity contribution in [3.63, 3.8) is 0 Å². The molecule has 2 aromatic carbocycles. The Labute approximate surface area is 215 Å². The van der Waals surface area contributed by atoms with Gasteiger partial charge in [-0.15, -0.1) is 0 Å². The van der Waals surface area contributed by atoms with E-state index in [9.17, 15) is 27.6 Å². The Bertz CT molecular complexity index is 1180. The van der Waals surface area contributed by atoms with Crippen molar-refractivity contribution in [2.24, 2.45) is 0 Å². The van der Waals surface area contributed by atoms with Gasteiger partial charge in [0.25, 0.3) is 0 Å². The van der Waals surface area contributed by atoms with Crippen molar-refractivity contribution < 1.29 is 46.0 Å². The molecule has 0 bridgehead atoms.